The molecule has 0 radical (unpaired) electrons. The first-order chi connectivity index (χ1) is 14.7. The topological polar surface area (TPSA) is 109 Å². The highest BCUT2D eigenvalue weighted by Crippen LogP contribution is 2.36. The Labute approximate surface area is 172 Å². The summed E-state index contributed by atoms with van der Waals surface area (Å²) in [6.45, 7) is 1.87. The minimum Gasteiger partial charge on any atom is -0.459 e. The SMILES string of the molecule is O=C(Nc1ccc(-c2nnnn2C2CC2)cc1)N1CCN(C(=O)c2ccco2)CC1. The van der Waals surface area contributed by atoms with E-state index >= 15 is 0 Å². The summed E-state index contributed by atoms with van der Waals surface area (Å²) < 4.78 is 7.02. The van der Waals surface area contributed by atoms with E-state index in [-0.39, 0.29) is 11.9 Å². The zero-order valence-electron chi connectivity index (χ0n) is 16.3. The molecule has 1 N–H and O–H groups in total. The lowest BCUT2D eigenvalue weighted by molar-refractivity contribution is 0.0640. The van der Waals surface area contributed by atoms with E-state index in [0.29, 0.717) is 43.7 Å². The van der Waals surface area contributed by atoms with Gasteiger partial charge in [0.2, 0.25) is 0 Å². The van der Waals surface area contributed by atoms with Crippen molar-refractivity contribution in [3.63, 3.8) is 0 Å². The summed E-state index contributed by atoms with van der Waals surface area (Å²) >= 11 is 0. The van der Waals surface area contributed by atoms with E-state index in [1.54, 1.807) is 21.9 Å². The van der Waals surface area contributed by atoms with Gasteiger partial charge < -0.3 is 19.5 Å². The standard InChI is InChI=1S/C20H21N7O3/c28-19(17-2-1-13-30-17)25-9-11-26(12-10-25)20(29)21-15-5-3-14(4-6-15)18-22-23-24-27(18)16-7-8-16/h1-6,13,16H,7-12H2,(H,21,29). The number of carbonyl (C=O) groups is 2. The maximum absolute atomic E-state index is 12.6. The number of tetrazole rings is 1. The van der Waals surface area contributed by atoms with E-state index in [4.69, 9.17) is 4.42 Å². The summed E-state index contributed by atoms with van der Waals surface area (Å²) in [7, 11) is 0. The van der Waals surface area contributed by atoms with Gasteiger partial charge in [-0.3, -0.25) is 4.79 Å². The molecule has 1 aromatic carbocycles. The molecule has 0 spiro atoms. The molecule has 2 aliphatic rings. The van der Waals surface area contributed by atoms with E-state index in [1.807, 2.05) is 28.9 Å². The molecule has 3 aromatic rings. The molecule has 2 aromatic heterocycles. The molecule has 0 unspecified atom stereocenters. The maximum atomic E-state index is 12.6. The Kier molecular flexibility index (Phi) is 4.66. The normalized spacial score (nSPS) is 16.5. The van der Waals surface area contributed by atoms with E-state index < -0.39 is 0 Å². The number of rotatable bonds is 4. The molecule has 3 amide bonds. The summed E-state index contributed by atoms with van der Waals surface area (Å²) in [5.74, 6) is 0.914. The number of nitrogens with zero attached hydrogens (tertiary/aromatic N) is 6. The number of nitrogens with one attached hydrogen (secondary N) is 1. The van der Waals surface area contributed by atoms with Gasteiger partial charge in [0, 0.05) is 37.4 Å². The van der Waals surface area contributed by atoms with Crippen LogP contribution in [0.1, 0.15) is 29.4 Å². The van der Waals surface area contributed by atoms with E-state index in [1.165, 1.54) is 6.26 Å². The molecule has 0 atom stereocenters. The number of anilines is 1. The van der Waals surface area contributed by atoms with Gasteiger partial charge in [0.1, 0.15) is 0 Å². The van der Waals surface area contributed by atoms with Crippen LogP contribution >= 0.6 is 0 Å². The zero-order valence-corrected chi connectivity index (χ0v) is 16.3. The number of furan rings is 1. The van der Waals surface area contributed by atoms with Gasteiger partial charge in [-0.25, -0.2) is 9.48 Å². The predicted octanol–water partition coefficient (Wildman–Crippen LogP) is 2.26. The number of urea groups is 1. The second-order valence-electron chi connectivity index (χ2n) is 7.44. The lowest BCUT2D eigenvalue weighted by atomic mass is 10.2. The van der Waals surface area contributed by atoms with Gasteiger partial charge in [-0.15, -0.1) is 5.10 Å². The fourth-order valence-electron chi connectivity index (χ4n) is 3.52. The van der Waals surface area contributed by atoms with Crippen LogP contribution in [0.15, 0.2) is 47.1 Å². The molecule has 1 aliphatic heterocycles. The van der Waals surface area contributed by atoms with Crippen LogP contribution in [0.3, 0.4) is 0 Å². The predicted molar refractivity (Wildman–Crippen MR) is 107 cm³/mol. The highest BCUT2D eigenvalue weighted by atomic mass is 16.3. The molecule has 1 saturated heterocycles. The fourth-order valence-corrected chi connectivity index (χ4v) is 3.52. The number of benzene rings is 1. The maximum Gasteiger partial charge on any atom is 0.321 e. The van der Waals surface area contributed by atoms with E-state index in [2.05, 4.69) is 20.8 Å². The van der Waals surface area contributed by atoms with Gasteiger partial charge in [-0.1, -0.05) is 0 Å². The van der Waals surface area contributed by atoms with Crippen LogP contribution in [-0.2, 0) is 0 Å². The Balaban J connectivity index is 1.17. The molecule has 5 rings (SSSR count). The monoisotopic (exact) mass is 407 g/mol. The third-order valence-corrected chi connectivity index (χ3v) is 5.37. The molecule has 30 heavy (non-hydrogen) atoms. The zero-order chi connectivity index (χ0) is 20.5. The first-order valence-corrected chi connectivity index (χ1v) is 9.96. The number of piperazine rings is 1. The third-order valence-electron chi connectivity index (χ3n) is 5.37. The second-order valence-corrected chi connectivity index (χ2v) is 7.44. The van der Waals surface area contributed by atoms with Gasteiger partial charge in [0.05, 0.1) is 12.3 Å². The average molecular weight is 407 g/mol. The number of carbonyl (C=O) groups excluding carboxylic acids is 2. The highest BCUT2D eigenvalue weighted by molar-refractivity contribution is 5.92. The molecular weight excluding hydrogens is 386 g/mol. The molecular formula is C20H21N7O3. The first kappa shape index (κ1) is 18.3. The van der Waals surface area contributed by atoms with E-state index in [9.17, 15) is 9.59 Å². The Morgan fingerprint density at radius 1 is 1.00 bits per heavy atom. The Hall–Kier alpha value is -3.69. The lowest BCUT2D eigenvalue weighted by Gasteiger charge is -2.34. The van der Waals surface area contributed by atoms with Crippen molar-refractivity contribution in [3.8, 4) is 11.4 Å². The minimum atomic E-state index is -0.185. The summed E-state index contributed by atoms with van der Waals surface area (Å²) in [5, 5.41) is 14.9. The van der Waals surface area contributed by atoms with Crippen molar-refractivity contribution in [2.24, 2.45) is 0 Å². The molecule has 10 nitrogen and oxygen atoms in total. The smallest absolute Gasteiger partial charge is 0.321 e. The van der Waals surface area contributed by atoms with Crippen molar-refractivity contribution in [1.29, 1.82) is 0 Å². The van der Waals surface area contributed by atoms with Crippen molar-refractivity contribution >= 4 is 17.6 Å². The molecule has 1 aliphatic carbocycles. The highest BCUT2D eigenvalue weighted by Gasteiger charge is 2.28. The molecule has 10 heteroatoms. The van der Waals surface area contributed by atoms with Crippen LogP contribution in [0.5, 0.6) is 0 Å². The summed E-state index contributed by atoms with van der Waals surface area (Å²) in [5.41, 5.74) is 1.61. The largest absolute Gasteiger partial charge is 0.459 e. The van der Waals surface area contributed by atoms with Crippen LogP contribution < -0.4 is 5.32 Å². The first-order valence-electron chi connectivity index (χ1n) is 9.96. The lowest BCUT2D eigenvalue weighted by Crippen LogP contribution is -2.51. The Morgan fingerprint density at radius 3 is 2.40 bits per heavy atom. The van der Waals surface area contributed by atoms with Gasteiger partial charge in [-0.05, 0) is 59.7 Å². The number of hydrogen-bond acceptors (Lipinski definition) is 6. The van der Waals surface area contributed by atoms with Gasteiger partial charge in [0.15, 0.2) is 11.6 Å². The van der Waals surface area contributed by atoms with Crippen molar-refractivity contribution in [2.45, 2.75) is 18.9 Å². The van der Waals surface area contributed by atoms with Crippen molar-refractivity contribution in [1.82, 2.24) is 30.0 Å². The van der Waals surface area contributed by atoms with Crippen LogP contribution in [-0.4, -0.2) is 68.1 Å². The number of aromatic nitrogens is 4. The molecule has 1 saturated carbocycles. The minimum absolute atomic E-state index is 0.149. The molecule has 3 heterocycles. The summed E-state index contributed by atoms with van der Waals surface area (Å²) in [6.07, 6.45) is 3.69. The second kappa shape index (κ2) is 7.62. The van der Waals surface area contributed by atoms with E-state index in [0.717, 1.165) is 24.2 Å². The molecule has 2 fully saturated rings. The average Bonchev–Trinajstić information content (AvgIpc) is 3.27. The molecule has 0 bridgehead atoms. The Morgan fingerprint density at radius 2 is 1.73 bits per heavy atom. The number of hydrogen-bond donors (Lipinski definition) is 1. The van der Waals surface area contributed by atoms with Crippen LogP contribution in [0.4, 0.5) is 10.5 Å². The summed E-state index contributed by atoms with van der Waals surface area (Å²) in [6, 6.07) is 11.0. The Bertz CT molecular complexity index is 1030. The number of amides is 3. The van der Waals surface area contributed by atoms with Crippen LogP contribution in [0.2, 0.25) is 0 Å². The van der Waals surface area contributed by atoms with Gasteiger partial charge in [-0.2, -0.15) is 0 Å². The summed E-state index contributed by atoms with van der Waals surface area (Å²) in [4.78, 5) is 28.3. The van der Waals surface area contributed by atoms with Crippen LogP contribution in [0, 0.1) is 0 Å². The van der Waals surface area contributed by atoms with Gasteiger partial charge in [0.25, 0.3) is 5.91 Å². The van der Waals surface area contributed by atoms with Crippen molar-refractivity contribution in [2.75, 3.05) is 31.5 Å². The van der Waals surface area contributed by atoms with Gasteiger partial charge >= 0.3 is 6.03 Å². The molecule has 154 valence electrons. The fraction of sp³-hybridized carbons (Fsp3) is 0.350. The van der Waals surface area contributed by atoms with Crippen LogP contribution in [0.25, 0.3) is 11.4 Å². The third kappa shape index (κ3) is 3.63. The van der Waals surface area contributed by atoms with Crippen molar-refractivity contribution in [3.05, 3.63) is 48.4 Å². The van der Waals surface area contributed by atoms with Crippen molar-refractivity contribution < 1.29 is 14.0 Å². The quantitative estimate of drug-likeness (QED) is 0.710.